The van der Waals surface area contributed by atoms with E-state index in [1.165, 1.54) is 0 Å². The van der Waals surface area contributed by atoms with Gasteiger partial charge in [0.15, 0.2) is 0 Å². The normalized spacial score (nSPS) is 15.0. The molecule has 0 saturated carbocycles. The Balaban J connectivity index is 1.85. The van der Waals surface area contributed by atoms with Crippen LogP contribution in [0.5, 0.6) is 0 Å². The zero-order valence-electron chi connectivity index (χ0n) is 19.5. The number of hydrogen-bond donors (Lipinski definition) is 0. The van der Waals surface area contributed by atoms with E-state index in [4.69, 9.17) is 0 Å². The van der Waals surface area contributed by atoms with Gasteiger partial charge in [-0.3, -0.25) is 9.59 Å². The highest BCUT2D eigenvalue weighted by molar-refractivity contribution is 6.07. The number of Topliss-reactive ketones (excluding diaryl/α,β-unsaturated/α-hetero) is 2. The minimum absolute atomic E-state index is 0.105. The fraction of sp³-hybridized carbons (Fsp3) is 0.444. The first-order valence-corrected chi connectivity index (χ1v) is 11.6. The third-order valence-corrected chi connectivity index (χ3v) is 6.22. The molecule has 5 heteroatoms. The second-order valence-electron chi connectivity index (χ2n) is 8.94. The zero-order chi connectivity index (χ0) is 23.1. The molecule has 2 unspecified atom stereocenters. The average Bonchev–Trinajstić information content (AvgIpc) is 3.32. The van der Waals surface area contributed by atoms with Gasteiger partial charge in [-0.05, 0) is 47.6 Å². The lowest BCUT2D eigenvalue weighted by molar-refractivity contribution is -0.133. The third-order valence-electron chi connectivity index (χ3n) is 6.22. The molecule has 2 atom stereocenters. The Hall–Kier alpha value is -2.95. The smallest absolute Gasteiger partial charge is 0.137 e. The third kappa shape index (κ3) is 5.64. The maximum Gasteiger partial charge on any atom is 0.137 e. The van der Waals surface area contributed by atoms with Crippen LogP contribution in [0.2, 0.25) is 0 Å². The van der Waals surface area contributed by atoms with E-state index in [0.29, 0.717) is 19.4 Å². The second-order valence-corrected chi connectivity index (χ2v) is 8.94. The second kappa shape index (κ2) is 11.1. The van der Waals surface area contributed by atoms with Crippen molar-refractivity contribution in [3.63, 3.8) is 0 Å². The van der Waals surface area contributed by atoms with Crippen molar-refractivity contribution >= 4 is 17.3 Å². The first kappa shape index (κ1) is 23.7. The largest absolute Gasteiger partial charge is 0.300 e. The van der Waals surface area contributed by atoms with E-state index in [1.807, 2.05) is 32.0 Å². The number of benzene rings is 2. The number of carbonyl (C=O) groups excluding carboxylic acids is 2. The van der Waals surface area contributed by atoms with Crippen LogP contribution in [0, 0.1) is 17.8 Å². The van der Waals surface area contributed by atoms with Crippen LogP contribution in [0.4, 0.5) is 0 Å². The van der Waals surface area contributed by atoms with E-state index >= 15 is 0 Å². The first-order valence-electron chi connectivity index (χ1n) is 11.6. The molecule has 0 aromatic heterocycles. The van der Waals surface area contributed by atoms with Crippen molar-refractivity contribution in [2.24, 2.45) is 33.2 Å². The highest BCUT2D eigenvalue weighted by Gasteiger charge is 2.33. The van der Waals surface area contributed by atoms with Gasteiger partial charge in [0.05, 0.1) is 5.71 Å². The molecule has 32 heavy (non-hydrogen) atoms. The monoisotopic (exact) mass is 431 g/mol. The van der Waals surface area contributed by atoms with Gasteiger partial charge in [-0.25, -0.2) is 0 Å². The van der Waals surface area contributed by atoms with Crippen molar-refractivity contribution in [3.05, 3.63) is 59.7 Å². The van der Waals surface area contributed by atoms with Crippen molar-refractivity contribution in [3.8, 4) is 11.1 Å². The van der Waals surface area contributed by atoms with Gasteiger partial charge in [0.1, 0.15) is 18.1 Å². The quantitative estimate of drug-likeness (QED) is 0.419. The Kier molecular flexibility index (Phi) is 8.20. The molecule has 168 valence electrons. The molecule has 0 aliphatic carbocycles. The minimum Gasteiger partial charge on any atom is -0.300 e. The summed E-state index contributed by atoms with van der Waals surface area (Å²) in [5.41, 5.74) is 5.15. The molecule has 0 radical (unpaired) electrons. The van der Waals surface area contributed by atoms with E-state index in [1.54, 1.807) is 6.92 Å². The molecule has 0 N–H and O–H groups in total. The topological polar surface area (TPSA) is 71.2 Å². The maximum absolute atomic E-state index is 13.1. The van der Waals surface area contributed by atoms with Crippen LogP contribution in [-0.2, 0) is 16.0 Å². The van der Waals surface area contributed by atoms with Crippen LogP contribution in [0.3, 0.4) is 0 Å². The van der Waals surface area contributed by atoms with Crippen LogP contribution >= 0.6 is 0 Å². The van der Waals surface area contributed by atoms with Crippen LogP contribution in [0.25, 0.3) is 11.1 Å². The lowest BCUT2D eigenvalue weighted by atomic mass is 9.74. The lowest BCUT2D eigenvalue weighted by Crippen LogP contribution is -2.34. The lowest BCUT2D eigenvalue weighted by Gasteiger charge is -2.27. The summed E-state index contributed by atoms with van der Waals surface area (Å²) >= 11 is 0. The van der Waals surface area contributed by atoms with Gasteiger partial charge in [0.2, 0.25) is 0 Å². The number of rotatable bonds is 11. The molecule has 3 rings (SSSR count). The number of ketones is 2. The number of nitrogens with zero attached hydrogens (tertiary/aromatic N) is 3. The highest BCUT2D eigenvalue weighted by atomic mass is 16.1. The summed E-state index contributed by atoms with van der Waals surface area (Å²) in [6.45, 7) is 8.28. The molecule has 0 saturated heterocycles. The predicted molar refractivity (Wildman–Crippen MR) is 129 cm³/mol. The van der Waals surface area contributed by atoms with Crippen molar-refractivity contribution in [2.45, 2.75) is 53.4 Å². The molecule has 1 heterocycles. The predicted octanol–water partition coefficient (Wildman–Crippen LogP) is 6.30. The zero-order valence-corrected chi connectivity index (χ0v) is 19.5. The average molecular weight is 432 g/mol. The van der Waals surface area contributed by atoms with Crippen LogP contribution < -0.4 is 0 Å². The molecular formula is C27H33N3O2. The first-order chi connectivity index (χ1) is 15.4. The molecule has 1 aliphatic rings. The Labute approximate surface area is 191 Å². The summed E-state index contributed by atoms with van der Waals surface area (Å²) in [7, 11) is 0. The molecule has 2 aromatic rings. The van der Waals surface area contributed by atoms with E-state index in [9.17, 15) is 9.59 Å². The van der Waals surface area contributed by atoms with E-state index in [2.05, 4.69) is 52.7 Å². The van der Waals surface area contributed by atoms with Gasteiger partial charge in [0.25, 0.3) is 0 Å². The number of unbranched alkanes of at least 4 members (excludes halogenated alkanes) is 1. The van der Waals surface area contributed by atoms with E-state index in [0.717, 1.165) is 40.8 Å². The molecule has 5 nitrogen and oxygen atoms in total. The molecule has 0 spiro atoms. The SMILES string of the molecule is CCCCC(=O)C(Cc1ccc(-c2ccccc2C2=NN=NC2)cc1)C(C(C)=O)C(C)C. The van der Waals surface area contributed by atoms with Gasteiger partial charge in [0, 0.05) is 23.8 Å². The van der Waals surface area contributed by atoms with Crippen molar-refractivity contribution < 1.29 is 9.59 Å². The van der Waals surface area contributed by atoms with Crippen LogP contribution in [0.1, 0.15) is 58.1 Å². The summed E-state index contributed by atoms with van der Waals surface area (Å²) in [5, 5.41) is 11.9. The van der Waals surface area contributed by atoms with E-state index in [-0.39, 0.29) is 29.3 Å². The van der Waals surface area contributed by atoms with Gasteiger partial charge in [-0.15, -0.1) is 5.10 Å². The minimum atomic E-state index is -0.270. The maximum atomic E-state index is 13.1. The van der Waals surface area contributed by atoms with Crippen LogP contribution in [-0.4, -0.2) is 23.8 Å². The van der Waals surface area contributed by atoms with Crippen LogP contribution in [0.15, 0.2) is 64.0 Å². The summed E-state index contributed by atoms with van der Waals surface area (Å²) < 4.78 is 0. The Morgan fingerprint density at radius 3 is 2.25 bits per heavy atom. The summed E-state index contributed by atoms with van der Waals surface area (Å²) in [6, 6.07) is 16.5. The molecular weight excluding hydrogens is 398 g/mol. The van der Waals surface area contributed by atoms with Gasteiger partial charge < -0.3 is 0 Å². The van der Waals surface area contributed by atoms with E-state index < -0.39 is 0 Å². The Morgan fingerprint density at radius 1 is 1.00 bits per heavy atom. The fourth-order valence-electron chi connectivity index (χ4n) is 4.61. The standard InChI is InChI=1S/C27H33N3O2/c1-5-6-11-26(32)24(27(18(2)3)19(4)31)16-20-12-14-21(15-13-20)22-9-7-8-10-23(22)25-17-28-30-29-25/h7-10,12-15,18,24,27H,5-6,11,16-17H2,1-4H3. The molecule has 0 fully saturated rings. The fourth-order valence-corrected chi connectivity index (χ4v) is 4.61. The van der Waals surface area contributed by atoms with Gasteiger partial charge in [-0.2, -0.15) is 5.11 Å². The molecule has 1 aliphatic heterocycles. The summed E-state index contributed by atoms with van der Waals surface area (Å²) in [6.07, 6.45) is 2.99. The van der Waals surface area contributed by atoms with Crippen molar-refractivity contribution in [2.75, 3.05) is 6.54 Å². The molecule has 0 bridgehead atoms. The highest BCUT2D eigenvalue weighted by Crippen LogP contribution is 2.30. The molecule has 2 aromatic carbocycles. The van der Waals surface area contributed by atoms with Gasteiger partial charge in [-0.1, -0.05) is 75.7 Å². The Morgan fingerprint density at radius 2 is 1.69 bits per heavy atom. The summed E-state index contributed by atoms with van der Waals surface area (Å²) in [4.78, 5) is 25.5. The number of carbonyl (C=O) groups is 2. The molecule has 0 amide bonds. The Bertz CT molecular complexity index is 1010. The van der Waals surface area contributed by atoms with Crippen molar-refractivity contribution in [1.82, 2.24) is 0 Å². The van der Waals surface area contributed by atoms with Gasteiger partial charge >= 0.3 is 0 Å². The number of hydrogen-bond acceptors (Lipinski definition) is 5. The summed E-state index contributed by atoms with van der Waals surface area (Å²) in [5.74, 6) is -0.0615. The van der Waals surface area contributed by atoms with Crippen molar-refractivity contribution in [1.29, 1.82) is 0 Å².